The maximum atomic E-state index is 12.5. The molecule has 3 rings (SSSR count). The zero-order chi connectivity index (χ0) is 15.3. The summed E-state index contributed by atoms with van der Waals surface area (Å²) in [6, 6.07) is 3.75. The number of nitrogens with zero attached hydrogens (tertiary/aromatic N) is 3. The predicted molar refractivity (Wildman–Crippen MR) is 74.1 cm³/mol. The third-order valence-corrected chi connectivity index (χ3v) is 4.86. The van der Waals surface area contributed by atoms with Crippen LogP contribution in [0.25, 0.3) is 0 Å². The van der Waals surface area contributed by atoms with E-state index in [1.54, 1.807) is 6.07 Å². The van der Waals surface area contributed by atoms with Gasteiger partial charge in [0, 0.05) is 19.6 Å². The van der Waals surface area contributed by atoms with Gasteiger partial charge in [-0.05, 0) is 31.5 Å². The van der Waals surface area contributed by atoms with E-state index in [2.05, 4.69) is 9.88 Å². The number of pyridine rings is 1. The Kier molecular flexibility index (Phi) is 3.66. The molecule has 1 fully saturated rings. The molecule has 0 N–H and O–H groups in total. The second-order valence-electron chi connectivity index (χ2n) is 5.91. The van der Waals surface area contributed by atoms with Gasteiger partial charge in [0.2, 0.25) is 0 Å². The SMILES string of the molecule is CN1Cc2nc(Cl)ccc2C12CCN(CC(F)(F)F)CC2. The van der Waals surface area contributed by atoms with Crippen molar-refractivity contribution in [2.75, 3.05) is 26.7 Å². The standard InChI is InChI=1S/C14H17ClF3N3/c1-20-8-11-10(2-3-12(15)19-11)13(20)4-6-21(7-5-13)9-14(16,17)18/h2-3H,4-9H2,1H3. The van der Waals surface area contributed by atoms with Gasteiger partial charge < -0.3 is 0 Å². The number of fused-ring (bicyclic) bond motifs is 2. The van der Waals surface area contributed by atoms with Crippen LogP contribution in [0.2, 0.25) is 5.15 Å². The van der Waals surface area contributed by atoms with E-state index in [1.807, 2.05) is 13.1 Å². The highest BCUT2D eigenvalue weighted by molar-refractivity contribution is 6.29. The molecule has 2 aliphatic heterocycles. The van der Waals surface area contributed by atoms with Crippen molar-refractivity contribution < 1.29 is 13.2 Å². The lowest BCUT2D eigenvalue weighted by Gasteiger charge is -2.44. The number of hydrogen-bond donors (Lipinski definition) is 0. The van der Waals surface area contributed by atoms with Gasteiger partial charge in [0.05, 0.1) is 17.8 Å². The van der Waals surface area contributed by atoms with Gasteiger partial charge in [-0.15, -0.1) is 0 Å². The number of likely N-dealkylation sites (tertiary alicyclic amines) is 1. The summed E-state index contributed by atoms with van der Waals surface area (Å²) in [4.78, 5) is 8.05. The van der Waals surface area contributed by atoms with Crippen LogP contribution < -0.4 is 0 Å². The Bertz CT molecular complexity index is 539. The summed E-state index contributed by atoms with van der Waals surface area (Å²) in [7, 11) is 2.01. The first-order valence-corrected chi connectivity index (χ1v) is 7.34. The molecule has 0 aliphatic carbocycles. The van der Waals surface area contributed by atoms with Crippen molar-refractivity contribution in [1.82, 2.24) is 14.8 Å². The van der Waals surface area contributed by atoms with E-state index in [4.69, 9.17) is 11.6 Å². The molecule has 1 aromatic rings. The number of aromatic nitrogens is 1. The fourth-order valence-corrected chi connectivity index (χ4v) is 3.75. The topological polar surface area (TPSA) is 19.4 Å². The molecule has 2 aliphatic rings. The molecule has 1 saturated heterocycles. The molecule has 21 heavy (non-hydrogen) atoms. The van der Waals surface area contributed by atoms with Crippen molar-refractivity contribution in [3.63, 3.8) is 0 Å². The van der Waals surface area contributed by atoms with Crippen molar-refractivity contribution in [2.24, 2.45) is 0 Å². The molecule has 3 heterocycles. The highest BCUT2D eigenvalue weighted by Gasteiger charge is 2.46. The first-order valence-electron chi connectivity index (χ1n) is 6.96. The molecule has 1 aromatic heterocycles. The lowest BCUT2D eigenvalue weighted by molar-refractivity contribution is -0.151. The highest BCUT2D eigenvalue weighted by Crippen LogP contribution is 2.45. The fraction of sp³-hybridized carbons (Fsp3) is 0.643. The Labute approximate surface area is 126 Å². The normalized spacial score (nSPS) is 22.7. The van der Waals surface area contributed by atoms with Gasteiger partial charge in [-0.2, -0.15) is 13.2 Å². The molecule has 1 spiro atoms. The van der Waals surface area contributed by atoms with E-state index in [9.17, 15) is 13.2 Å². The maximum absolute atomic E-state index is 12.5. The monoisotopic (exact) mass is 319 g/mol. The number of halogens is 4. The van der Waals surface area contributed by atoms with Crippen LogP contribution in [0.4, 0.5) is 13.2 Å². The van der Waals surface area contributed by atoms with Crippen molar-refractivity contribution in [1.29, 1.82) is 0 Å². The Hall–Kier alpha value is -0.850. The summed E-state index contributed by atoms with van der Waals surface area (Å²) in [5.74, 6) is 0. The van der Waals surface area contributed by atoms with Gasteiger partial charge in [0.25, 0.3) is 0 Å². The minimum atomic E-state index is -4.13. The van der Waals surface area contributed by atoms with Gasteiger partial charge in [-0.1, -0.05) is 17.7 Å². The molecule has 0 aromatic carbocycles. The Morgan fingerprint density at radius 2 is 1.95 bits per heavy atom. The number of hydrogen-bond acceptors (Lipinski definition) is 3. The molecule has 0 radical (unpaired) electrons. The molecule has 7 heteroatoms. The summed E-state index contributed by atoms with van der Waals surface area (Å²) in [5.41, 5.74) is 1.89. The predicted octanol–water partition coefficient (Wildman–Crippen LogP) is 3.03. The molecule has 0 amide bonds. The van der Waals surface area contributed by atoms with Crippen LogP contribution in [0.3, 0.4) is 0 Å². The number of rotatable bonds is 1. The Morgan fingerprint density at radius 3 is 2.57 bits per heavy atom. The minimum absolute atomic E-state index is 0.185. The third-order valence-electron chi connectivity index (χ3n) is 4.65. The fourth-order valence-electron chi connectivity index (χ4n) is 3.59. The van der Waals surface area contributed by atoms with Crippen LogP contribution in [-0.4, -0.2) is 47.6 Å². The zero-order valence-corrected chi connectivity index (χ0v) is 12.5. The summed E-state index contributed by atoms with van der Waals surface area (Å²) in [6.45, 7) is 0.783. The first kappa shape index (κ1) is 15.1. The van der Waals surface area contributed by atoms with Crippen LogP contribution in [0.15, 0.2) is 12.1 Å². The lowest BCUT2D eigenvalue weighted by Crippen LogP contribution is -2.50. The van der Waals surface area contributed by atoms with Crippen LogP contribution >= 0.6 is 11.6 Å². The van der Waals surface area contributed by atoms with Crippen molar-refractivity contribution in [3.8, 4) is 0 Å². The average Bonchev–Trinajstić information content (AvgIpc) is 2.63. The lowest BCUT2D eigenvalue weighted by atomic mass is 9.82. The van der Waals surface area contributed by atoms with E-state index >= 15 is 0 Å². The van der Waals surface area contributed by atoms with Gasteiger partial charge in [-0.25, -0.2) is 4.98 Å². The molecule has 0 unspecified atom stereocenters. The minimum Gasteiger partial charge on any atom is -0.295 e. The van der Waals surface area contributed by atoms with Crippen LogP contribution in [-0.2, 0) is 12.1 Å². The largest absolute Gasteiger partial charge is 0.401 e. The number of piperidine rings is 1. The Morgan fingerprint density at radius 1 is 1.29 bits per heavy atom. The molecule has 0 atom stereocenters. The van der Waals surface area contributed by atoms with E-state index in [0.29, 0.717) is 37.6 Å². The molecule has 3 nitrogen and oxygen atoms in total. The smallest absolute Gasteiger partial charge is 0.295 e. The van der Waals surface area contributed by atoms with Crippen molar-refractivity contribution in [2.45, 2.75) is 31.1 Å². The van der Waals surface area contributed by atoms with E-state index in [-0.39, 0.29) is 5.54 Å². The average molecular weight is 320 g/mol. The molecular formula is C14H17ClF3N3. The van der Waals surface area contributed by atoms with E-state index < -0.39 is 12.7 Å². The third kappa shape index (κ3) is 2.76. The van der Waals surface area contributed by atoms with E-state index in [1.165, 1.54) is 4.90 Å². The molecule has 116 valence electrons. The van der Waals surface area contributed by atoms with Gasteiger partial charge in [-0.3, -0.25) is 9.80 Å². The van der Waals surface area contributed by atoms with E-state index in [0.717, 1.165) is 11.3 Å². The summed E-state index contributed by atoms with van der Waals surface area (Å²) in [5, 5.41) is 0.466. The summed E-state index contributed by atoms with van der Waals surface area (Å²) >= 11 is 5.93. The second kappa shape index (κ2) is 5.11. The van der Waals surface area contributed by atoms with Crippen molar-refractivity contribution in [3.05, 3.63) is 28.5 Å². The van der Waals surface area contributed by atoms with Crippen LogP contribution in [0, 0.1) is 0 Å². The van der Waals surface area contributed by atoms with Crippen molar-refractivity contribution >= 4 is 11.6 Å². The first-order chi connectivity index (χ1) is 9.80. The second-order valence-corrected chi connectivity index (χ2v) is 6.29. The molecule has 0 bridgehead atoms. The highest BCUT2D eigenvalue weighted by atomic mass is 35.5. The molecule has 0 saturated carbocycles. The van der Waals surface area contributed by atoms with Gasteiger partial charge in [0.1, 0.15) is 5.15 Å². The summed E-state index contributed by atoms with van der Waals surface area (Å²) < 4.78 is 37.5. The maximum Gasteiger partial charge on any atom is 0.401 e. The summed E-state index contributed by atoms with van der Waals surface area (Å²) in [6.07, 6.45) is -2.75. The van der Waals surface area contributed by atoms with Crippen LogP contribution in [0.1, 0.15) is 24.1 Å². The van der Waals surface area contributed by atoms with Crippen LogP contribution in [0.5, 0.6) is 0 Å². The van der Waals surface area contributed by atoms with Gasteiger partial charge in [0.15, 0.2) is 0 Å². The Balaban J connectivity index is 1.79. The van der Waals surface area contributed by atoms with Gasteiger partial charge >= 0.3 is 6.18 Å². The number of alkyl halides is 3. The quantitative estimate of drug-likeness (QED) is 0.742. The molecular weight excluding hydrogens is 303 g/mol. The zero-order valence-electron chi connectivity index (χ0n) is 11.8.